The van der Waals surface area contributed by atoms with Crippen LogP contribution in [0.1, 0.15) is 75.0 Å². The van der Waals surface area contributed by atoms with Gasteiger partial charge in [-0.2, -0.15) is 0 Å². The van der Waals surface area contributed by atoms with Crippen molar-refractivity contribution in [3.05, 3.63) is 89.5 Å². The molecule has 3 aromatic carbocycles. The van der Waals surface area contributed by atoms with Crippen LogP contribution in [0.25, 0.3) is 0 Å². The minimum atomic E-state index is -5.02. The molecule has 0 atom stereocenters. The molecule has 50 heavy (non-hydrogen) atoms. The van der Waals surface area contributed by atoms with Crippen LogP contribution in [0.5, 0.6) is 17.2 Å². The number of unbranched alkanes of at least 4 members (excludes halogenated alkanes) is 2. The van der Waals surface area contributed by atoms with Crippen molar-refractivity contribution in [1.29, 1.82) is 0 Å². The molecule has 0 spiro atoms. The monoisotopic (exact) mass is 710 g/mol. The van der Waals surface area contributed by atoms with Gasteiger partial charge in [0.05, 0.1) is 18.8 Å². The molecule has 272 valence electrons. The molecule has 2 amide bonds. The predicted molar refractivity (Wildman–Crippen MR) is 172 cm³/mol. The van der Waals surface area contributed by atoms with Crippen molar-refractivity contribution in [3.63, 3.8) is 0 Å². The second-order valence-electron chi connectivity index (χ2n) is 11.9. The lowest BCUT2D eigenvalue weighted by molar-refractivity contribution is -0.275. The van der Waals surface area contributed by atoms with Gasteiger partial charge in [-0.15, -0.1) is 26.3 Å². The van der Waals surface area contributed by atoms with Crippen LogP contribution in [0.2, 0.25) is 0 Å². The Hall–Kier alpha value is -4.62. The number of carbonyl (C=O) groups excluding carboxylic acids is 2. The zero-order valence-corrected chi connectivity index (χ0v) is 27.5. The van der Waals surface area contributed by atoms with Gasteiger partial charge in [-0.3, -0.25) is 4.79 Å². The number of alkyl halides is 6. The molecule has 2 N–H and O–H groups in total. The predicted octanol–water partition coefficient (Wildman–Crippen LogP) is 8.71. The summed E-state index contributed by atoms with van der Waals surface area (Å²) in [4.78, 5) is 25.1. The zero-order chi connectivity index (χ0) is 36.2. The number of rotatable bonds is 16. The molecule has 0 bridgehead atoms. The molecule has 3 aromatic rings. The number of benzene rings is 3. The summed E-state index contributed by atoms with van der Waals surface area (Å²) in [5.41, 5.74) is -0.890. The molecule has 0 radical (unpaired) electrons. The maximum Gasteiger partial charge on any atom is 0.573 e. The molecule has 0 aliphatic heterocycles. The topological polar surface area (TPSA) is 95.1 Å². The Bertz CT molecular complexity index is 1480. The fourth-order valence-electron chi connectivity index (χ4n) is 5.94. The van der Waals surface area contributed by atoms with E-state index in [2.05, 4.69) is 20.1 Å². The molecular weight excluding hydrogens is 670 g/mol. The average Bonchev–Trinajstić information content (AvgIpc) is 3.55. The van der Waals surface area contributed by atoms with Gasteiger partial charge in [0.2, 0.25) is 0 Å². The Morgan fingerprint density at radius 1 is 0.760 bits per heavy atom. The highest BCUT2D eigenvalue weighted by atomic mass is 19.4. The maximum atomic E-state index is 13.6. The minimum Gasteiger partial charge on any atom is -0.494 e. The van der Waals surface area contributed by atoms with Gasteiger partial charge in [-0.25, -0.2) is 4.79 Å². The second-order valence-corrected chi connectivity index (χ2v) is 11.9. The van der Waals surface area contributed by atoms with E-state index in [1.807, 2.05) is 0 Å². The van der Waals surface area contributed by atoms with Crippen LogP contribution in [-0.2, 0) is 21.5 Å². The van der Waals surface area contributed by atoms with Crippen LogP contribution in [0.4, 0.5) is 31.1 Å². The lowest BCUT2D eigenvalue weighted by Crippen LogP contribution is -2.53. The van der Waals surface area contributed by atoms with Gasteiger partial charge >= 0.3 is 24.7 Å². The number of hydrogen-bond donors (Lipinski definition) is 2. The number of halogens is 6. The van der Waals surface area contributed by atoms with E-state index in [-0.39, 0.29) is 29.6 Å². The first-order valence-corrected chi connectivity index (χ1v) is 16.4. The van der Waals surface area contributed by atoms with Crippen LogP contribution in [0.15, 0.2) is 72.8 Å². The van der Waals surface area contributed by atoms with E-state index in [0.717, 1.165) is 56.4 Å². The highest BCUT2D eigenvalue weighted by Gasteiger charge is 2.40. The molecule has 0 unspecified atom stereocenters. The number of ether oxygens (including phenoxy) is 4. The highest BCUT2D eigenvalue weighted by molar-refractivity contribution is 5.76. The van der Waals surface area contributed by atoms with Crippen LogP contribution in [0, 0.1) is 0 Å². The van der Waals surface area contributed by atoms with Crippen molar-refractivity contribution in [2.45, 2.75) is 89.0 Å². The van der Waals surface area contributed by atoms with Gasteiger partial charge in [0, 0.05) is 18.9 Å². The van der Waals surface area contributed by atoms with E-state index in [1.54, 1.807) is 31.2 Å². The number of nitrogens with one attached hydrogen (secondary N) is 2. The van der Waals surface area contributed by atoms with Crippen LogP contribution < -0.4 is 24.8 Å². The number of esters is 1. The second kappa shape index (κ2) is 17.3. The third kappa shape index (κ3) is 12.1. The fraction of sp³-hybridized carbons (Fsp3) is 0.444. The number of amides is 2. The normalized spacial score (nSPS) is 13.8. The van der Waals surface area contributed by atoms with Gasteiger partial charge in [0.1, 0.15) is 17.2 Å². The summed E-state index contributed by atoms with van der Waals surface area (Å²) >= 11 is 0. The third-order valence-electron chi connectivity index (χ3n) is 8.13. The van der Waals surface area contributed by atoms with Crippen LogP contribution >= 0.6 is 0 Å². The number of carbonyl (C=O) groups is 2. The standard InChI is InChI=1S/C36H40F6N2O6/c1-2-47-32(45)16-4-3-7-21-48-29-19-17-25(18-20-29)24-34(44-33(46)43-28-12-5-6-13-28,26-10-8-14-30(22-26)49-35(37,38)39)27-11-9-15-31(23-27)50-36(40,41)42/h8-11,14-15,17-20,22-23,28H,2-7,12-13,16,21,24H2,1H3,(H2,43,44,46). The minimum absolute atomic E-state index is 0.0931. The first kappa shape index (κ1) is 38.2. The first-order chi connectivity index (χ1) is 23.7. The first-order valence-electron chi connectivity index (χ1n) is 16.4. The Morgan fingerprint density at radius 3 is 1.88 bits per heavy atom. The van der Waals surface area contributed by atoms with Crippen LogP contribution in [-0.4, -0.2) is 44.0 Å². The van der Waals surface area contributed by atoms with Crippen molar-refractivity contribution in [2.75, 3.05) is 13.2 Å². The van der Waals surface area contributed by atoms with Crippen LogP contribution in [0.3, 0.4) is 0 Å². The largest absolute Gasteiger partial charge is 0.573 e. The van der Waals surface area contributed by atoms with Gasteiger partial charge in [-0.05, 0) is 92.1 Å². The van der Waals surface area contributed by atoms with Crippen molar-refractivity contribution in [1.82, 2.24) is 10.6 Å². The molecule has 1 saturated carbocycles. The Morgan fingerprint density at radius 2 is 1.34 bits per heavy atom. The molecule has 1 fully saturated rings. The van der Waals surface area contributed by atoms with Gasteiger partial charge in [0.25, 0.3) is 0 Å². The van der Waals surface area contributed by atoms with E-state index < -0.39 is 35.8 Å². The maximum absolute atomic E-state index is 13.6. The molecule has 4 rings (SSSR count). The molecular formula is C36H40F6N2O6. The summed E-state index contributed by atoms with van der Waals surface area (Å²) in [6.07, 6.45) is -4.42. The van der Waals surface area contributed by atoms with Crippen molar-refractivity contribution >= 4 is 12.0 Å². The molecule has 14 heteroatoms. The molecule has 0 aromatic heterocycles. The van der Waals surface area contributed by atoms with Crippen molar-refractivity contribution in [2.24, 2.45) is 0 Å². The summed E-state index contributed by atoms with van der Waals surface area (Å²) in [5.74, 6) is -0.875. The summed E-state index contributed by atoms with van der Waals surface area (Å²) in [6.45, 7) is 2.46. The summed E-state index contributed by atoms with van der Waals surface area (Å²) in [5, 5.41) is 5.82. The molecule has 0 saturated heterocycles. The van der Waals surface area contributed by atoms with E-state index in [4.69, 9.17) is 9.47 Å². The number of hydrogen-bond acceptors (Lipinski definition) is 6. The van der Waals surface area contributed by atoms with Gasteiger partial charge in [0.15, 0.2) is 0 Å². The summed E-state index contributed by atoms with van der Waals surface area (Å²) in [6, 6.07) is 15.9. The van der Waals surface area contributed by atoms with Crippen molar-refractivity contribution < 1.29 is 54.9 Å². The third-order valence-corrected chi connectivity index (χ3v) is 8.13. The van der Waals surface area contributed by atoms with E-state index in [1.165, 1.54) is 24.3 Å². The number of urea groups is 1. The summed E-state index contributed by atoms with van der Waals surface area (Å²) in [7, 11) is 0. The molecule has 0 heterocycles. The Balaban J connectivity index is 1.66. The van der Waals surface area contributed by atoms with Gasteiger partial charge in [-0.1, -0.05) is 49.2 Å². The van der Waals surface area contributed by atoms with E-state index in [9.17, 15) is 35.9 Å². The lowest BCUT2D eigenvalue weighted by Gasteiger charge is -2.37. The zero-order valence-electron chi connectivity index (χ0n) is 27.5. The Kier molecular flexibility index (Phi) is 13.3. The van der Waals surface area contributed by atoms with Gasteiger partial charge < -0.3 is 29.6 Å². The smallest absolute Gasteiger partial charge is 0.494 e. The molecule has 1 aliphatic rings. The Labute approximate surface area is 286 Å². The average molecular weight is 711 g/mol. The molecule has 1 aliphatic carbocycles. The SMILES string of the molecule is CCOC(=O)CCCCCOc1ccc(CC(NC(=O)NC2CCCC2)(c2cccc(OC(F)(F)F)c2)c2cccc(OC(F)(F)F)c2)cc1. The van der Waals surface area contributed by atoms with Crippen molar-refractivity contribution in [3.8, 4) is 17.2 Å². The molecule has 8 nitrogen and oxygen atoms in total. The quantitative estimate of drug-likeness (QED) is 0.0878. The fourth-order valence-corrected chi connectivity index (χ4v) is 5.94. The van der Waals surface area contributed by atoms with E-state index in [0.29, 0.717) is 43.8 Å². The highest BCUT2D eigenvalue weighted by Crippen LogP contribution is 2.39. The summed E-state index contributed by atoms with van der Waals surface area (Å²) < 4.78 is 98.8. The lowest BCUT2D eigenvalue weighted by atomic mass is 9.77. The van der Waals surface area contributed by atoms with E-state index >= 15 is 0 Å².